The highest BCUT2D eigenvalue weighted by molar-refractivity contribution is 6.06. The zero-order valence-electron chi connectivity index (χ0n) is 18.2. The molecule has 0 aliphatic carbocycles. The van der Waals surface area contributed by atoms with Gasteiger partial charge in [-0.25, -0.2) is 9.78 Å². The van der Waals surface area contributed by atoms with Crippen molar-refractivity contribution in [3.05, 3.63) is 82.6 Å². The number of non-ortho nitro benzene ring substituents is 1. The highest BCUT2D eigenvalue weighted by atomic mass is 16.6. The summed E-state index contributed by atoms with van der Waals surface area (Å²) >= 11 is 0. The SMILES string of the molecule is COc1ccc([N+](=O)[O-])cc1NC(=O)[C@@H](C)OC(=O)c1cc(-c2ccco2)nc2ccccc12. The maximum Gasteiger partial charge on any atom is 0.339 e. The lowest BCUT2D eigenvalue weighted by atomic mass is 10.1. The number of hydrogen-bond donors (Lipinski definition) is 1. The number of methoxy groups -OCH3 is 1. The van der Waals surface area contributed by atoms with Crippen LogP contribution in [0.2, 0.25) is 0 Å². The molecule has 0 radical (unpaired) electrons. The highest BCUT2D eigenvalue weighted by Crippen LogP contribution is 2.29. The predicted molar refractivity (Wildman–Crippen MR) is 123 cm³/mol. The molecule has 0 spiro atoms. The molecule has 34 heavy (non-hydrogen) atoms. The standard InChI is InChI=1S/C24H19N3O7/c1-14(23(28)26-19-12-15(27(30)31)9-10-21(19)32-2)34-24(29)17-13-20(22-8-5-11-33-22)25-18-7-4-3-6-16(17)18/h3-14H,1-2H3,(H,26,28)/t14-/m1/s1. The Morgan fingerprint density at radius 3 is 2.62 bits per heavy atom. The van der Waals surface area contributed by atoms with E-state index in [4.69, 9.17) is 13.9 Å². The van der Waals surface area contributed by atoms with E-state index in [0.29, 0.717) is 22.4 Å². The Bertz CT molecular complexity index is 1380. The number of nitro benzene ring substituents is 1. The quantitative estimate of drug-likeness (QED) is 0.240. The van der Waals surface area contributed by atoms with Crippen molar-refractivity contribution in [2.24, 2.45) is 0 Å². The van der Waals surface area contributed by atoms with Crippen LogP contribution in [0.5, 0.6) is 5.75 Å². The number of aromatic nitrogens is 1. The first-order chi connectivity index (χ1) is 16.4. The zero-order chi connectivity index (χ0) is 24.2. The second kappa shape index (κ2) is 9.41. The number of amides is 1. The molecule has 4 aromatic rings. The predicted octanol–water partition coefficient (Wildman–Crippen LogP) is 4.60. The minimum atomic E-state index is -1.21. The van der Waals surface area contributed by atoms with Gasteiger partial charge in [0.05, 0.1) is 35.1 Å². The molecule has 2 aromatic carbocycles. The summed E-state index contributed by atoms with van der Waals surface area (Å²) in [4.78, 5) is 40.7. The van der Waals surface area contributed by atoms with E-state index in [2.05, 4.69) is 10.3 Å². The number of pyridine rings is 1. The van der Waals surface area contributed by atoms with Crippen LogP contribution in [0.3, 0.4) is 0 Å². The largest absolute Gasteiger partial charge is 0.495 e. The summed E-state index contributed by atoms with van der Waals surface area (Å²) in [6, 6.07) is 15.8. The van der Waals surface area contributed by atoms with Crippen LogP contribution in [0.15, 0.2) is 71.3 Å². The van der Waals surface area contributed by atoms with E-state index in [-0.39, 0.29) is 22.7 Å². The second-order valence-electron chi connectivity index (χ2n) is 7.23. The number of ether oxygens (including phenoxy) is 2. The molecule has 0 aliphatic heterocycles. The minimum Gasteiger partial charge on any atom is -0.495 e. The zero-order valence-corrected chi connectivity index (χ0v) is 18.2. The fourth-order valence-corrected chi connectivity index (χ4v) is 3.31. The first-order valence-electron chi connectivity index (χ1n) is 10.2. The van der Waals surface area contributed by atoms with Gasteiger partial charge in [-0.1, -0.05) is 18.2 Å². The normalized spacial score (nSPS) is 11.6. The molecule has 4 rings (SSSR count). The molecule has 0 saturated heterocycles. The maximum absolute atomic E-state index is 13.0. The molecule has 10 nitrogen and oxygen atoms in total. The van der Waals surface area contributed by atoms with Crippen LogP contribution < -0.4 is 10.1 Å². The molecule has 0 unspecified atom stereocenters. The summed E-state index contributed by atoms with van der Waals surface area (Å²) in [6.45, 7) is 1.40. The summed E-state index contributed by atoms with van der Waals surface area (Å²) in [5, 5.41) is 14.1. The van der Waals surface area contributed by atoms with Gasteiger partial charge in [-0.15, -0.1) is 0 Å². The van der Waals surface area contributed by atoms with Crippen molar-refractivity contribution in [3.63, 3.8) is 0 Å². The molecule has 0 fully saturated rings. The van der Waals surface area contributed by atoms with Gasteiger partial charge in [0.1, 0.15) is 11.4 Å². The van der Waals surface area contributed by atoms with Crippen molar-refractivity contribution >= 4 is 34.2 Å². The molecular formula is C24H19N3O7. The van der Waals surface area contributed by atoms with Crippen molar-refractivity contribution in [1.82, 2.24) is 4.98 Å². The topological polar surface area (TPSA) is 134 Å². The van der Waals surface area contributed by atoms with Gasteiger partial charge in [0, 0.05) is 17.5 Å². The molecular weight excluding hydrogens is 442 g/mol. The van der Waals surface area contributed by atoms with Crippen LogP contribution in [-0.2, 0) is 9.53 Å². The summed E-state index contributed by atoms with van der Waals surface area (Å²) < 4.78 is 16.0. The number of nitrogens with one attached hydrogen (secondary N) is 1. The molecule has 1 amide bonds. The maximum atomic E-state index is 13.0. The first-order valence-corrected chi connectivity index (χ1v) is 10.2. The number of hydrogen-bond acceptors (Lipinski definition) is 8. The number of nitro groups is 1. The van der Waals surface area contributed by atoms with Gasteiger partial charge in [-0.3, -0.25) is 14.9 Å². The van der Waals surface area contributed by atoms with Crippen LogP contribution in [0, 0.1) is 10.1 Å². The summed E-state index contributed by atoms with van der Waals surface area (Å²) in [5.41, 5.74) is 1.06. The van der Waals surface area contributed by atoms with E-state index in [9.17, 15) is 19.7 Å². The highest BCUT2D eigenvalue weighted by Gasteiger charge is 2.23. The van der Waals surface area contributed by atoms with Gasteiger partial charge < -0.3 is 19.2 Å². The summed E-state index contributed by atoms with van der Waals surface area (Å²) in [7, 11) is 1.37. The molecule has 10 heteroatoms. The Morgan fingerprint density at radius 2 is 1.91 bits per heavy atom. The van der Waals surface area contributed by atoms with Crippen molar-refractivity contribution in [2.75, 3.05) is 12.4 Å². The molecule has 0 aliphatic rings. The second-order valence-corrected chi connectivity index (χ2v) is 7.23. The molecule has 2 aromatic heterocycles. The third kappa shape index (κ3) is 4.56. The number of fused-ring (bicyclic) bond motifs is 1. The number of carbonyl (C=O) groups is 2. The van der Waals surface area contributed by atoms with Crippen LogP contribution in [-0.4, -0.2) is 35.0 Å². The third-order valence-electron chi connectivity index (χ3n) is 5.01. The van der Waals surface area contributed by atoms with Gasteiger partial charge in [-0.05, 0) is 37.3 Å². The number of anilines is 1. The lowest BCUT2D eigenvalue weighted by molar-refractivity contribution is -0.384. The van der Waals surface area contributed by atoms with E-state index < -0.39 is 22.9 Å². The average Bonchev–Trinajstić information content (AvgIpc) is 3.38. The Labute approximate surface area is 193 Å². The first kappa shape index (κ1) is 22.5. The molecule has 172 valence electrons. The smallest absolute Gasteiger partial charge is 0.339 e. The van der Waals surface area contributed by atoms with E-state index >= 15 is 0 Å². The van der Waals surface area contributed by atoms with Gasteiger partial charge in [0.25, 0.3) is 11.6 Å². The monoisotopic (exact) mass is 461 g/mol. The van der Waals surface area contributed by atoms with E-state index in [1.165, 1.54) is 38.5 Å². The number of furan rings is 1. The van der Waals surface area contributed by atoms with Crippen LogP contribution in [0.1, 0.15) is 17.3 Å². The van der Waals surface area contributed by atoms with Gasteiger partial charge in [-0.2, -0.15) is 0 Å². The third-order valence-corrected chi connectivity index (χ3v) is 5.01. The van der Waals surface area contributed by atoms with Crippen molar-refractivity contribution in [2.45, 2.75) is 13.0 Å². The van der Waals surface area contributed by atoms with E-state index in [0.717, 1.165) is 6.07 Å². The van der Waals surface area contributed by atoms with Gasteiger partial charge in [0.2, 0.25) is 0 Å². The Morgan fingerprint density at radius 1 is 1.12 bits per heavy atom. The average molecular weight is 461 g/mol. The minimum absolute atomic E-state index is 0.0825. The molecule has 2 heterocycles. The van der Waals surface area contributed by atoms with Crippen molar-refractivity contribution in [1.29, 1.82) is 0 Å². The van der Waals surface area contributed by atoms with Crippen molar-refractivity contribution < 1.29 is 28.4 Å². The van der Waals surface area contributed by atoms with Gasteiger partial charge in [0.15, 0.2) is 11.9 Å². The van der Waals surface area contributed by atoms with Crippen LogP contribution in [0.25, 0.3) is 22.4 Å². The number of nitrogens with zero attached hydrogens (tertiary/aromatic N) is 2. The number of esters is 1. The molecule has 0 saturated carbocycles. The summed E-state index contributed by atoms with van der Waals surface area (Å²) in [5.74, 6) is -0.721. The van der Waals surface area contributed by atoms with Crippen LogP contribution in [0.4, 0.5) is 11.4 Å². The fraction of sp³-hybridized carbons (Fsp3) is 0.125. The fourth-order valence-electron chi connectivity index (χ4n) is 3.31. The van der Waals surface area contributed by atoms with Crippen molar-refractivity contribution in [3.8, 4) is 17.2 Å². The molecule has 0 bridgehead atoms. The Hall–Kier alpha value is -4.73. The van der Waals surface area contributed by atoms with Crippen LogP contribution >= 0.6 is 0 Å². The lowest BCUT2D eigenvalue weighted by Gasteiger charge is -2.16. The number of carbonyl (C=O) groups excluding carboxylic acids is 2. The molecule has 1 atom stereocenters. The number of rotatable bonds is 7. The number of para-hydroxylation sites is 1. The molecule has 1 N–H and O–H groups in total. The van der Waals surface area contributed by atoms with E-state index in [1.807, 2.05) is 0 Å². The lowest BCUT2D eigenvalue weighted by Crippen LogP contribution is -2.30. The number of benzene rings is 2. The summed E-state index contributed by atoms with van der Waals surface area (Å²) in [6.07, 6.45) is 0.286. The van der Waals surface area contributed by atoms with E-state index in [1.54, 1.807) is 36.4 Å². The Kier molecular flexibility index (Phi) is 6.22. The van der Waals surface area contributed by atoms with Gasteiger partial charge >= 0.3 is 5.97 Å². The Balaban J connectivity index is 1.58.